The van der Waals surface area contributed by atoms with Crippen LogP contribution in [0, 0.1) is 0 Å². The van der Waals surface area contributed by atoms with Gasteiger partial charge in [0.1, 0.15) is 31.6 Å². The van der Waals surface area contributed by atoms with Gasteiger partial charge in [-0.05, 0) is 30.5 Å². The highest BCUT2D eigenvalue weighted by Crippen LogP contribution is 2.32. The first-order chi connectivity index (χ1) is 16.0. The molecule has 2 atom stereocenters. The molecule has 2 unspecified atom stereocenters. The van der Waals surface area contributed by atoms with E-state index in [2.05, 4.69) is 19.1 Å². The topological polar surface area (TPSA) is 61.6 Å². The fraction of sp³-hybridized carbons (Fsp3) is 0.769. The van der Waals surface area contributed by atoms with Crippen molar-refractivity contribution < 1.29 is 28.3 Å². The molecule has 6 nitrogen and oxygen atoms in total. The van der Waals surface area contributed by atoms with Crippen LogP contribution in [0.5, 0.6) is 5.75 Å². The van der Waals surface area contributed by atoms with Crippen molar-refractivity contribution >= 4 is 8.60 Å². The van der Waals surface area contributed by atoms with Gasteiger partial charge < -0.3 is 28.3 Å². The van der Waals surface area contributed by atoms with Crippen LogP contribution in [0.4, 0.5) is 0 Å². The van der Waals surface area contributed by atoms with Crippen LogP contribution in [0.25, 0.3) is 0 Å². The van der Waals surface area contributed by atoms with E-state index in [9.17, 15) is 4.89 Å². The van der Waals surface area contributed by atoms with Crippen molar-refractivity contribution in [3.8, 4) is 5.75 Å². The molecule has 2 N–H and O–H groups in total. The van der Waals surface area contributed by atoms with Gasteiger partial charge in [0.25, 0.3) is 0 Å². The number of ether oxygens (including phenoxy) is 2. The molecule has 0 bridgehead atoms. The minimum atomic E-state index is -1.88. The Morgan fingerprint density at radius 3 is 2.03 bits per heavy atom. The summed E-state index contributed by atoms with van der Waals surface area (Å²) in [5.74, 6) is 0.820. The third kappa shape index (κ3) is 17.4. The van der Waals surface area contributed by atoms with E-state index in [-0.39, 0.29) is 12.7 Å². The summed E-state index contributed by atoms with van der Waals surface area (Å²) in [6.07, 6.45) is 14.5. The van der Waals surface area contributed by atoms with Crippen LogP contribution in [0.1, 0.15) is 76.7 Å². The molecule has 0 aliphatic rings. The maximum atomic E-state index is 9.81. The van der Waals surface area contributed by atoms with Gasteiger partial charge in [-0.3, -0.25) is 0 Å². The maximum Gasteiger partial charge on any atom is 0.330 e. The Bertz CT molecular complexity index is 558. The summed E-state index contributed by atoms with van der Waals surface area (Å²) in [7, 11) is 3.80. The Hall–Kier alpha value is -0.750. The Kier molecular flexibility index (Phi) is 18.9. The second-order valence-electron chi connectivity index (χ2n) is 9.07. The minimum Gasteiger partial charge on any atom is -0.491 e. The zero-order valence-corrected chi connectivity index (χ0v) is 22.4. The van der Waals surface area contributed by atoms with E-state index in [1.165, 1.54) is 74.7 Å². The molecule has 1 aromatic carbocycles. The third-order valence-corrected chi connectivity index (χ3v) is 6.46. The van der Waals surface area contributed by atoms with Crippen LogP contribution < -0.4 is 9.64 Å². The first-order valence-corrected chi connectivity index (χ1v) is 14.0. The van der Waals surface area contributed by atoms with Crippen LogP contribution in [0.3, 0.4) is 0 Å². The molecule has 7 heteroatoms. The molecule has 0 amide bonds. The number of quaternary nitrogens is 1. The van der Waals surface area contributed by atoms with E-state index in [0.29, 0.717) is 13.2 Å². The number of aryl methyl sites for hydroxylation is 1. The summed E-state index contributed by atoms with van der Waals surface area (Å²) in [6.45, 7) is 4.14. The molecular formula is C26H49NO5P+. The number of hydrogen-bond donors (Lipinski definition) is 2. The van der Waals surface area contributed by atoms with Crippen molar-refractivity contribution in [2.24, 2.45) is 0 Å². The molecule has 1 aromatic rings. The van der Waals surface area contributed by atoms with Gasteiger partial charge in [-0.1, -0.05) is 76.8 Å². The monoisotopic (exact) mass is 486 g/mol. The highest BCUT2D eigenvalue weighted by molar-refractivity contribution is 7.40. The molecule has 192 valence electrons. The second kappa shape index (κ2) is 20.6. The highest BCUT2D eigenvalue weighted by Gasteiger charge is 2.14. The average Bonchev–Trinajstić information content (AvgIpc) is 2.81. The quantitative estimate of drug-likeness (QED) is 0.180. The summed E-state index contributed by atoms with van der Waals surface area (Å²) in [6, 6.07) is 8.33. The highest BCUT2D eigenvalue weighted by atomic mass is 31.2. The van der Waals surface area contributed by atoms with Gasteiger partial charge in [-0.25, -0.2) is 0 Å². The molecule has 0 heterocycles. The molecule has 0 spiro atoms. The molecule has 0 saturated heterocycles. The van der Waals surface area contributed by atoms with E-state index in [1.54, 1.807) is 7.11 Å². The largest absolute Gasteiger partial charge is 0.491 e. The lowest BCUT2D eigenvalue weighted by Gasteiger charge is -2.18. The first-order valence-electron chi connectivity index (χ1n) is 12.8. The Balaban J connectivity index is 2.12. The van der Waals surface area contributed by atoms with Gasteiger partial charge in [0.05, 0.1) is 20.7 Å². The van der Waals surface area contributed by atoms with Gasteiger partial charge in [0.15, 0.2) is 0 Å². The van der Waals surface area contributed by atoms with Gasteiger partial charge in [-0.15, -0.1) is 0 Å². The molecule has 1 rings (SSSR count). The number of hydrogen-bond acceptors (Lipinski definition) is 5. The van der Waals surface area contributed by atoms with Gasteiger partial charge in [0, 0.05) is 7.11 Å². The van der Waals surface area contributed by atoms with Crippen molar-refractivity contribution in [2.75, 3.05) is 47.6 Å². The summed E-state index contributed by atoms with van der Waals surface area (Å²) in [5.41, 5.74) is 1.36. The normalized spacial score (nSPS) is 13.4. The van der Waals surface area contributed by atoms with E-state index >= 15 is 0 Å². The Labute approximate surface area is 203 Å². The van der Waals surface area contributed by atoms with Gasteiger partial charge in [-0.2, -0.15) is 0 Å². The van der Waals surface area contributed by atoms with E-state index < -0.39 is 8.60 Å². The number of benzene rings is 1. The number of unbranched alkanes of at least 4 members (excludes halogenated alkanes) is 9. The van der Waals surface area contributed by atoms with Gasteiger partial charge >= 0.3 is 8.60 Å². The van der Waals surface area contributed by atoms with Crippen LogP contribution in [0.15, 0.2) is 24.3 Å². The first kappa shape index (κ1) is 30.3. The van der Waals surface area contributed by atoms with E-state index in [4.69, 9.17) is 18.5 Å². The average molecular weight is 487 g/mol. The van der Waals surface area contributed by atoms with Gasteiger partial charge in [0.2, 0.25) is 0 Å². The predicted octanol–water partition coefficient (Wildman–Crippen LogP) is 4.94. The summed E-state index contributed by atoms with van der Waals surface area (Å²) in [4.78, 5) is 11.1. The lowest BCUT2D eigenvalue weighted by atomic mass is 10.0. The van der Waals surface area contributed by atoms with Crippen molar-refractivity contribution in [1.29, 1.82) is 0 Å². The Morgan fingerprint density at radius 1 is 0.848 bits per heavy atom. The van der Waals surface area contributed by atoms with Crippen LogP contribution in [-0.4, -0.2) is 58.6 Å². The SMILES string of the molecule is CCCCCCCCCCCCc1ccc(OCC(COP(O)OCC[NH+](C)C)OC)cc1. The summed E-state index contributed by atoms with van der Waals surface area (Å²) in [5, 5.41) is 0. The number of rotatable bonds is 22. The van der Waals surface area contributed by atoms with Crippen LogP contribution in [-0.2, 0) is 20.2 Å². The molecule has 0 aliphatic carbocycles. The standard InChI is InChI=1S/C26H48NO5P/c1-5-6-7-8-9-10-11-12-13-14-15-24-16-18-25(19-17-24)30-22-26(29-4)23-32-33(28)31-21-20-27(2)3/h16-19,26,28H,5-15,20-23H2,1-4H3/p+1. The molecule has 0 fully saturated rings. The van der Waals surface area contributed by atoms with Crippen molar-refractivity contribution in [2.45, 2.75) is 83.7 Å². The zero-order valence-electron chi connectivity index (χ0n) is 21.5. The smallest absolute Gasteiger partial charge is 0.330 e. The number of methoxy groups -OCH3 is 1. The molecule has 0 aromatic heterocycles. The molecule has 0 radical (unpaired) electrons. The molecule has 0 saturated carbocycles. The predicted molar refractivity (Wildman–Crippen MR) is 137 cm³/mol. The third-order valence-electron chi connectivity index (χ3n) is 5.69. The van der Waals surface area contributed by atoms with Crippen LogP contribution in [0.2, 0.25) is 0 Å². The minimum absolute atomic E-state index is 0.227. The van der Waals surface area contributed by atoms with Crippen LogP contribution >= 0.6 is 8.60 Å². The fourth-order valence-electron chi connectivity index (χ4n) is 3.45. The molecule has 0 aliphatic heterocycles. The Morgan fingerprint density at radius 2 is 1.45 bits per heavy atom. The fourth-order valence-corrected chi connectivity index (χ4v) is 4.07. The van der Waals surface area contributed by atoms with E-state index in [0.717, 1.165) is 18.7 Å². The lowest BCUT2D eigenvalue weighted by Crippen LogP contribution is -3.06. The van der Waals surface area contributed by atoms with Crippen molar-refractivity contribution in [1.82, 2.24) is 0 Å². The summed E-state index contributed by atoms with van der Waals surface area (Å²) < 4.78 is 21.9. The van der Waals surface area contributed by atoms with Crippen molar-refractivity contribution in [3.05, 3.63) is 29.8 Å². The van der Waals surface area contributed by atoms with Crippen molar-refractivity contribution in [3.63, 3.8) is 0 Å². The number of likely N-dealkylation sites (N-methyl/N-ethyl adjacent to an activating group) is 1. The molecule has 33 heavy (non-hydrogen) atoms. The molecular weight excluding hydrogens is 437 g/mol. The lowest BCUT2D eigenvalue weighted by molar-refractivity contribution is -0.858. The maximum absolute atomic E-state index is 9.81. The zero-order chi connectivity index (χ0) is 24.2. The second-order valence-corrected chi connectivity index (χ2v) is 10.1. The summed E-state index contributed by atoms with van der Waals surface area (Å²) >= 11 is 0. The van der Waals surface area contributed by atoms with E-state index in [1.807, 2.05) is 26.2 Å². The number of nitrogens with one attached hydrogen (secondary N) is 1.